The minimum Gasteiger partial charge on any atom is -0.457 e. The van der Waals surface area contributed by atoms with Gasteiger partial charge in [-0.2, -0.15) is 0 Å². The molecule has 2 aromatic heterocycles. The van der Waals surface area contributed by atoms with Gasteiger partial charge in [0.25, 0.3) is 0 Å². The summed E-state index contributed by atoms with van der Waals surface area (Å²) in [5.74, 6) is 1.71. The van der Waals surface area contributed by atoms with Crippen molar-refractivity contribution in [1.29, 1.82) is 0 Å². The van der Waals surface area contributed by atoms with Crippen LogP contribution in [0.1, 0.15) is 74.9 Å². The maximum atomic E-state index is 7.31. The van der Waals surface area contributed by atoms with Gasteiger partial charge in [-0.05, 0) is 184 Å². The Labute approximate surface area is 444 Å². The second-order valence-corrected chi connectivity index (χ2v) is 22.7. The largest absolute Gasteiger partial charge is 0.457 e. The lowest BCUT2D eigenvalue weighted by atomic mass is 9.64. The lowest BCUT2D eigenvalue weighted by molar-refractivity contribution is 0.439. The molecule has 0 fully saturated rings. The number of aromatic nitrogens is 2. The van der Waals surface area contributed by atoms with E-state index in [1.54, 1.807) is 0 Å². The number of hydrogen-bond donors (Lipinski definition) is 0. The van der Waals surface area contributed by atoms with E-state index >= 15 is 0 Å². The van der Waals surface area contributed by atoms with Gasteiger partial charge in [-0.1, -0.05) is 151 Å². The van der Waals surface area contributed by atoms with E-state index in [0.29, 0.717) is 0 Å². The number of pyridine rings is 2. The van der Waals surface area contributed by atoms with Crippen molar-refractivity contribution in [1.82, 2.24) is 9.97 Å². The van der Waals surface area contributed by atoms with E-state index in [1.807, 2.05) is 36.9 Å². The van der Waals surface area contributed by atoms with Crippen molar-refractivity contribution in [3.63, 3.8) is 0 Å². The van der Waals surface area contributed by atoms with Gasteiger partial charge in [0.15, 0.2) is 0 Å². The van der Waals surface area contributed by atoms with Gasteiger partial charge >= 0.3 is 0 Å². The first-order valence-electron chi connectivity index (χ1n) is 26.4. The molecule has 10 aromatic carbocycles. The molecular formula is C71H56N4O. The summed E-state index contributed by atoms with van der Waals surface area (Å²) >= 11 is 0. The van der Waals surface area contributed by atoms with E-state index in [-0.39, 0.29) is 10.8 Å². The molecule has 0 N–H and O–H groups in total. The molecule has 1 aliphatic carbocycles. The minimum absolute atomic E-state index is 0.00260. The highest BCUT2D eigenvalue weighted by molar-refractivity contribution is 6.20. The lowest BCUT2D eigenvalue weighted by Gasteiger charge is -2.41. The van der Waals surface area contributed by atoms with Crippen LogP contribution < -0.4 is 14.5 Å². The predicted octanol–water partition coefficient (Wildman–Crippen LogP) is 19.1. The highest BCUT2D eigenvalue weighted by Crippen LogP contribution is 2.66. The smallest absolute Gasteiger partial charge is 0.132 e. The van der Waals surface area contributed by atoms with Crippen LogP contribution in [0.3, 0.4) is 0 Å². The number of nitrogens with zero attached hydrogens (tertiary/aromatic N) is 4. The SMILES string of the molecule is CC(C)(C)c1ccc(N(c2cccnc2)c2ccc3c(c2)C2(c4cc5ccccc5cc4Oc4cc5ccccc5cc42)c2c-3c3ccccc3c3cc(N(c4ccc(C(C)(C)C)cc4)c4cccnc4)ccc23)cc1. The van der Waals surface area contributed by atoms with Gasteiger partial charge in [-0.15, -0.1) is 0 Å². The molecule has 0 unspecified atom stereocenters. The summed E-state index contributed by atoms with van der Waals surface area (Å²) < 4.78 is 7.31. The summed E-state index contributed by atoms with van der Waals surface area (Å²) in [6.45, 7) is 13.6. The average molecular weight is 981 g/mol. The number of hydrogen-bond acceptors (Lipinski definition) is 5. The molecule has 0 atom stereocenters. The Morgan fingerprint density at radius 3 is 1.33 bits per heavy atom. The fourth-order valence-electron chi connectivity index (χ4n) is 12.4. The molecular weight excluding hydrogens is 925 g/mol. The van der Waals surface area contributed by atoms with Crippen LogP contribution >= 0.6 is 0 Å². The number of anilines is 6. The van der Waals surface area contributed by atoms with E-state index < -0.39 is 5.41 Å². The Bertz CT molecular complexity index is 4180. The van der Waals surface area contributed by atoms with Crippen molar-refractivity contribution in [3.8, 4) is 22.6 Å². The lowest BCUT2D eigenvalue weighted by Crippen LogP contribution is -2.32. The van der Waals surface area contributed by atoms with Gasteiger partial charge in [-0.3, -0.25) is 9.97 Å². The number of benzene rings is 10. The van der Waals surface area contributed by atoms with E-state index in [4.69, 9.17) is 9.72 Å². The molecule has 0 amide bonds. The van der Waals surface area contributed by atoms with Crippen molar-refractivity contribution in [2.75, 3.05) is 9.80 Å². The Morgan fingerprint density at radius 2 is 0.829 bits per heavy atom. The first-order valence-corrected chi connectivity index (χ1v) is 26.4. The standard InChI is InChI=1S/C71H56N4O/c1-69(2,3)49-23-27-51(28-24-49)74(55-19-13-35-72-43-55)53-31-33-59-61(41-53)57-21-11-12-22-58(57)67-60-34-32-54(75(56-20-14-36-73-44-56)52-29-25-50(26-30-52)70(4,5)6)42-62(60)71(68(59)67)63-37-45-15-7-9-17-47(45)39-65(63)76-66-40-48-18-10-8-16-46(48)38-64(66)71/h7-44H,1-6H3. The van der Waals surface area contributed by atoms with Crippen LogP contribution in [0.4, 0.5) is 34.1 Å². The van der Waals surface area contributed by atoms with Gasteiger partial charge in [0.05, 0.1) is 29.2 Å². The summed E-state index contributed by atoms with van der Waals surface area (Å²) in [5, 5.41) is 9.34. The normalized spacial score (nSPS) is 13.3. The van der Waals surface area contributed by atoms with Crippen LogP contribution in [0.15, 0.2) is 231 Å². The van der Waals surface area contributed by atoms with Gasteiger partial charge in [-0.25, -0.2) is 0 Å². The van der Waals surface area contributed by atoms with Crippen LogP contribution in [0, 0.1) is 0 Å². The van der Waals surface area contributed by atoms with E-state index in [0.717, 1.165) is 78.3 Å². The van der Waals surface area contributed by atoms with E-state index in [1.165, 1.54) is 54.9 Å². The first kappa shape index (κ1) is 45.5. The third-order valence-corrected chi connectivity index (χ3v) is 16.1. The van der Waals surface area contributed by atoms with Crippen LogP contribution in [0.5, 0.6) is 11.5 Å². The zero-order chi connectivity index (χ0) is 51.5. The van der Waals surface area contributed by atoms with Crippen LogP contribution in [0.2, 0.25) is 0 Å². The summed E-state index contributed by atoms with van der Waals surface area (Å²) in [7, 11) is 0. The van der Waals surface area contributed by atoms with E-state index in [2.05, 4.69) is 250 Å². The molecule has 14 rings (SSSR count). The maximum absolute atomic E-state index is 7.31. The molecule has 1 spiro atoms. The zero-order valence-corrected chi connectivity index (χ0v) is 43.6. The Hall–Kier alpha value is -9.06. The Morgan fingerprint density at radius 1 is 0.368 bits per heavy atom. The molecule has 0 saturated carbocycles. The summed E-state index contributed by atoms with van der Waals surface area (Å²) in [4.78, 5) is 14.0. The summed E-state index contributed by atoms with van der Waals surface area (Å²) in [6, 6.07) is 76.6. The number of rotatable bonds is 6. The molecule has 2 aliphatic rings. The Balaban J connectivity index is 1.11. The number of ether oxygens (including phenoxy) is 1. The van der Waals surface area contributed by atoms with E-state index in [9.17, 15) is 0 Å². The maximum Gasteiger partial charge on any atom is 0.132 e. The highest BCUT2D eigenvalue weighted by atomic mass is 16.5. The summed E-state index contributed by atoms with van der Waals surface area (Å²) in [5.41, 5.74) is 15.0. The second kappa shape index (κ2) is 17.0. The Kier molecular flexibility index (Phi) is 10.2. The zero-order valence-electron chi connectivity index (χ0n) is 43.6. The summed E-state index contributed by atoms with van der Waals surface area (Å²) in [6.07, 6.45) is 7.63. The topological polar surface area (TPSA) is 41.5 Å². The third-order valence-electron chi connectivity index (χ3n) is 16.1. The van der Waals surface area contributed by atoms with Gasteiger partial charge in [0.2, 0.25) is 0 Å². The molecule has 0 radical (unpaired) electrons. The molecule has 1 aliphatic heterocycles. The van der Waals surface area contributed by atoms with Crippen molar-refractivity contribution < 1.29 is 4.74 Å². The third kappa shape index (κ3) is 7.06. The molecule has 3 heterocycles. The predicted molar refractivity (Wildman–Crippen MR) is 316 cm³/mol. The fourth-order valence-corrected chi connectivity index (χ4v) is 12.4. The molecule has 0 bridgehead atoms. The van der Waals surface area contributed by atoms with Gasteiger partial charge in [0.1, 0.15) is 11.5 Å². The fraction of sp³-hybridized carbons (Fsp3) is 0.127. The van der Waals surface area contributed by atoms with Crippen LogP contribution in [-0.4, -0.2) is 9.97 Å². The highest BCUT2D eigenvalue weighted by Gasteiger charge is 2.53. The molecule has 5 nitrogen and oxygen atoms in total. The van der Waals surface area contributed by atoms with Crippen molar-refractivity contribution in [2.24, 2.45) is 0 Å². The molecule has 0 saturated heterocycles. The van der Waals surface area contributed by atoms with Gasteiger partial charge in [0, 0.05) is 46.3 Å². The van der Waals surface area contributed by atoms with Crippen molar-refractivity contribution in [3.05, 3.63) is 264 Å². The van der Waals surface area contributed by atoms with Gasteiger partial charge < -0.3 is 14.5 Å². The number of fused-ring (bicyclic) bond motifs is 16. The molecule has 5 heteroatoms. The van der Waals surface area contributed by atoms with Crippen molar-refractivity contribution >= 4 is 77.2 Å². The van der Waals surface area contributed by atoms with Crippen LogP contribution in [-0.2, 0) is 16.2 Å². The molecule has 12 aromatic rings. The first-order chi connectivity index (χ1) is 36.9. The van der Waals surface area contributed by atoms with Crippen molar-refractivity contribution in [2.45, 2.75) is 57.8 Å². The second-order valence-electron chi connectivity index (χ2n) is 22.7. The average Bonchev–Trinajstić information content (AvgIpc) is 3.88. The molecule has 76 heavy (non-hydrogen) atoms. The quantitative estimate of drug-likeness (QED) is 0.155. The minimum atomic E-state index is -0.857. The monoisotopic (exact) mass is 980 g/mol. The molecule has 366 valence electrons. The van der Waals surface area contributed by atoms with Crippen LogP contribution in [0.25, 0.3) is 54.2 Å².